The number of ether oxygens (including phenoxy) is 1. The maximum atomic E-state index is 13.5. The quantitative estimate of drug-likeness (QED) is 0.331. The first kappa shape index (κ1) is 24.3. The number of anilines is 2. The van der Waals surface area contributed by atoms with Crippen LogP contribution in [-0.2, 0) is 14.3 Å². The summed E-state index contributed by atoms with van der Waals surface area (Å²) in [5.41, 5.74) is 3.93. The van der Waals surface area contributed by atoms with Gasteiger partial charge in [-0.15, -0.1) is 0 Å². The van der Waals surface area contributed by atoms with Gasteiger partial charge in [-0.05, 0) is 66.9 Å². The van der Waals surface area contributed by atoms with Gasteiger partial charge in [0.15, 0.2) is 0 Å². The number of nitrogens with zero attached hydrogens (tertiary/aromatic N) is 1. The highest BCUT2D eigenvalue weighted by atomic mass is 32.2. The van der Waals surface area contributed by atoms with E-state index in [2.05, 4.69) is 19.2 Å². The zero-order valence-corrected chi connectivity index (χ0v) is 20.8. The number of esters is 1. The van der Waals surface area contributed by atoms with Crippen LogP contribution in [0.1, 0.15) is 41.3 Å². The number of carbonyl (C=O) groups excluding carboxylic acids is 3. The Labute approximate surface area is 209 Å². The SMILES string of the molecule is COC(=O)c1ccc(N2C(=O)C(Nc3ccc(C(C)C)cc3)=C(Sc3ccc(C)cc3)C2=O)cc1. The molecule has 0 saturated heterocycles. The molecule has 0 saturated carbocycles. The molecule has 178 valence electrons. The summed E-state index contributed by atoms with van der Waals surface area (Å²) >= 11 is 1.25. The summed E-state index contributed by atoms with van der Waals surface area (Å²) in [6.07, 6.45) is 0. The summed E-state index contributed by atoms with van der Waals surface area (Å²) in [5, 5.41) is 3.18. The lowest BCUT2D eigenvalue weighted by Crippen LogP contribution is -2.32. The van der Waals surface area contributed by atoms with E-state index in [1.807, 2.05) is 55.5 Å². The molecule has 3 aromatic carbocycles. The van der Waals surface area contributed by atoms with Crippen LogP contribution in [0.4, 0.5) is 11.4 Å². The van der Waals surface area contributed by atoms with Gasteiger partial charge in [-0.3, -0.25) is 9.59 Å². The van der Waals surface area contributed by atoms with Gasteiger partial charge in [-0.2, -0.15) is 0 Å². The largest absolute Gasteiger partial charge is 0.465 e. The standard InChI is InChI=1S/C28H26N2O4S/c1-17(2)19-7-11-21(12-8-19)29-24-25(35-23-15-5-18(3)6-16-23)27(32)30(26(24)31)22-13-9-20(10-14-22)28(33)34-4/h5-17,29H,1-4H3. The Kier molecular flexibility index (Phi) is 7.07. The van der Waals surface area contributed by atoms with E-state index in [4.69, 9.17) is 4.74 Å². The summed E-state index contributed by atoms with van der Waals surface area (Å²) in [4.78, 5) is 41.1. The zero-order valence-electron chi connectivity index (χ0n) is 20.0. The molecule has 1 aliphatic heterocycles. The predicted octanol–water partition coefficient (Wildman–Crippen LogP) is 5.89. The molecule has 0 bridgehead atoms. The number of nitrogens with one attached hydrogen (secondary N) is 1. The highest BCUT2D eigenvalue weighted by Gasteiger charge is 2.40. The van der Waals surface area contributed by atoms with Crippen LogP contribution in [0, 0.1) is 6.92 Å². The van der Waals surface area contributed by atoms with Crippen LogP contribution < -0.4 is 10.2 Å². The number of imide groups is 1. The Morgan fingerprint density at radius 3 is 2.09 bits per heavy atom. The molecule has 0 aromatic heterocycles. The molecule has 2 amide bonds. The summed E-state index contributed by atoms with van der Waals surface area (Å²) in [6.45, 7) is 6.22. The smallest absolute Gasteiger partial charge is 0.337 e. The number of amides is 2. The van der Waals surface area contributed by atoms with E-state index in [9.17, 15) is 14.4 Å². The Morgan fingerprint density at radius 2 is 1.51 bits per heavy atom. The van der Waals surface area contributed by atoms with Crippen molar-refractivity contribution in [2.75, 3.05) is 17.3 Å². The normalized spacial score (nSPS) is 13.6. The van der Waals surface area contributed by atoms with Crippen LogP contribution in [0.3, 0.4) is 0 Å². The molecule has 0 spiro atoms. The average Bonchev–Trinajstić information content (AvgIpc) is 3.09. The molecule has 1 heterocycles. The van der Waals surface area contributed by atoms with Gasteiger partial charge in [0.05, 0.1) is 18.4 Å². The molecule has 0 unspecified atom stereocenters. The number of methoxy groups -OCH3 is 1. The van der Waals surface area contributed by atoms with Gasteiger partial charge in [0.25, 0.3) is 11.8 Å². The van der Waals surface area contributed by atoms with Crippen molar-refractivity contribution in [3.05, 3.63) is 100 Å². The summed E-state index contributed by atoms with van der Waals surface area (Å²) < 4.78 is 4.73. The molecule has 35 heavy (non-hydrogen) atoms. The molecule has 1 aliphatic rings. The summed E-state index contributed by atoms with van der Waals surface area (Å²) in [6, 6.07) is 21.8. The van der Waals surface area contributed by atoms with E-state index in [1.54, 1.807) is 12.1 Å². The van der Waals surface area contributed by atoms with E-state index < -0.39 is 17.8 Å². The van der Waals surface area contributed by atoms with Gasteiger partial charge in [0.2, 0.25) is 0 Å². The Bertz CT molecular complexity index is 1290. The molecule has 0 radical (unpaired) electrons. The lowest BCUT2D eigenvalue weighted by molar-refractivity contribution is -0.120. The third-order valence-electron chi connectivity index (χ3n) is 5.68. The fourth-order valence-corrected chi connectivity index (χ4v) is 4.56. The topological polar surface area (TPSA) is 75.7 Å². The van der Waals surface area contributed by atoms with Crippen molar-refractivity contribution in [3.8, 4) is 0 Å². The van der Waals surface area contributed by atoms with Crippen molar-refractivity contribution in [3.63, 3.8) is 0 Å². The number of hydrogen-bond donors (Lipinski definition) is 1. The summed E-state index contributed by atoms with van der Waals surface area (Å²) in [5.74, 6) is -0.985. The predicted molar refractivity (Wildman–Crippen MR) is 138 cm³/mol. The second-order valence-corrected chi connectivity index (χ2v) is 9.59. The maximum Gasteiger partial charge on any atom is 0.337 e. The molecule has 6 nitrogen and oxygen atoms in total. The van der Waals surface area contributed by atoms with Gasteiger partial charge >= 0.3 is 5.97 Å². The highest BCUT2D eigenvalue weighted by Crippen LogP contribution is 2.38. The van der Waals surface area contributed by atoms with E-state index >= 15 is 0 Å². The molecule has 7 heteroatoms. The minimum Gasteiger partial charge on any atom is -0.465 e. The molecular formula is C28H26N2O4S. The van der Waals surface area contributed by atoms with E-state index in [0.29, 0.717) is 22.1 Å². The van der Waals surface area contributed by atoms with Crippen molar-refractivity contribution >= 4 is 40.9 Å². The molecule has 0 fully saturated rings. The van der Waals surface area contributed by atoms with Crippen molar-refractivity contribution in [2.24, 2.45) is 0 Å². The summed E-state index contributed by atoms with van der Waals surface area (Å²) in [7, 11) is 1.30. The Balaban J connectivity index is 1.69. The van der Waals surface area contributed by atoms with Gasteiger partial charge in [-0.1, -0.05) is 55.4 Å². The zero-order chi connectivity index (χ0) is 25.1. The first-order chi connectivity index (χ1) is 16.8. The molecule has 3 aromatic rings. The van der Waals surface area contributed by atoms with Crippen molar-refractivity contribution in [2.45, 2.75) is 31.6 Å². The van der Waals surface area contributed by atoms with Crippen molar-refractivity contribution < 1.29 is 19.1 Å². The molecule has 0 aliphatic carbocycles. The fourth-order valence-electron chi connectivity index (χ4n) is 3.63. The minimum atomic E-state index is -0.489. The second kappa shape index (κ2) is 10.2. The number of thioether (sulfide) groups is 1. The van der Waals surface area contributed by atoms with Crippen LogP contribution in [0.15, 0.2) is 88.3 Å². The van der Waals surface area contributed by atoms with Crippen LogP contribution in [-0.4, -0.2) is 24.9 Å². The monoisotopic (exact) mass is 486 g/mol. The molecule has 0 atom stereocenters. The third kappa shape index (κ3) is 5.15. The first-order valence-electron chi connectivity index (χ1n) is 11.2. The third-order valence-corrected chi connectivity index (χ3v) is 6.77. The van der Waals surface area contributed by atoms with Crippen LogP contribution in [0.25, 0.3) is 0 Å². The highest BCUT2D eigenvalue weighted by molar-refractivity contribution is 8.04. The molecule has 4 rings (SSSR count). The first-order valence-corrected chi connectivity index (χ1v) is 12.0. The van der Waals surface area contributed by atoms with Crippen LogP contribution in [0.2, 0.25) is 0 Å². The number of aryl methyl sites for hydroxylation is 1. The van der Waals surface area contributed by atoms with Crippen LogP contribution >= 0.6 is 11.8 Å². The Hall–Kier alpha value is -3.84. The van der Waals surface area contributed by atoms with E-state index in [0.717, 1.165) is 21.0 Å². The van der Waals surface area contributed by atoms with E-state index in [1.165, 1.54) is 36.6 Å². The fraction of sp³-hybridized carbons (Fsp3) is 0.179. The number of benzene rings is 3. The average molecular weight is 487 g/mol. The number of hydrogen-bond acceptors (Lipinski definition) is 6. The maximum absolute atomic E-state index is 13.5. The lowest BCUT2D eigenvalue weighted by Gasteiger charge is -2.16. The van der Waals surface area contributed by atoms with Crippen molar-refractivity contribution in [1.29, 1.82) is 0 Å². The van der Waals surface area contributed by atoms with E-state index in [-0.39, 0.29) is 5.70 Å². The van der Waals surface area contributed by atoms with Gasteiger partial charge in [0.1, 0.15) is 10.6 Å². The van der Waals surface area contributed by atoms with Crippen molar-refractivity contribution in [1.82, 2.24) is 0 Å². The van der Waals surface area contributed by atoms with Gasteiger partial charge < -0.3 is 10.1 Å². The molecule has 1 N–H and O–H groups in total. The van der Waals surface area contributed by atoms with Gasteiger partial charge in [-0.25, -0.2) is 9.69 Å². The second-order valence-electron chi connectivity index (χ2n) is 8.51. The lowest BCUT2D eigenvalue weighted by atomic mass is 10.0. The van der Waals surface area contributed by atoms with Gasteiger partial charge in [0, 0.05) is 10.6 Å². The number of carbonyl (C=O) groups is 3. The van der Waals surface area contributed by atoms with Crippen LogP contribution in [0.5, 0.6) is 0 Å². The Morgan fingerprint density at radius 1 is 0.886 bits per heavy atom. The minimum absolute atomic E-state index is 0.218. The number of rotatable bonds is 7. The molecular weight excluding hydrogens is 460 g/mol.